The molecule has 0 bridgehead atoms. The number of hydrogen-bond donors (Lipinski definition) is 0. The summed E-state index contributed by atoms with van der Waals surface area (Å²) in [6, 6.07) is 14.1. The first-order valence-corrected chi connectivity index (χ1v) is 12.9. The van der Waals surface area contributed by atoms with E-state index < -0.39 is 29.1 Å². The first kappa shape index (κ1) is 23.6. The summed E-state index contributed by atoms with van der Waals surface area (Å²) in [7, 11) is 0. The molecule has 3 aliphatic heterocycles. The van der Waals surface area contributed by atoms with Crippen LogP contribution in [-0.2, 0) is 15.0 Å². The van der Waals surface area contributed by atoms with Gasteiger partial charge in [0.05, 0.1) is 16.9 Å². The largest absolute Gasteiger partial charge is 0.309 e. The van der Waals surface area contributed by atoms with Gasteiger partial charge in [0.25, 0.3) is 5.56 Å². The zero-order valence-electron chi connectivity index (χ0n) is 21.9. The van der Waals surface area contributed by atoms with Crippen LogP contribution in [0.5, 0.6) is 0 Å². The Labute approximate surface area is 216 Å². The van der Waals surface area contributed by atoms with Crippen LogP contribution in [0.4, 0.5) is 5.69 Å². The fourth-order valence-corrected chi connectivity index (χ4v) is 7.17. The molecule has 190 valence electrons. The summed E-state index contributed by atoms with van der Waals surface area (Å²) in [5, 5.41) is 0.508. The zero-order valence-corrected chi connectivity index (χ0v) is 21.9. The molecular formula is C30H32N4O3. The summed E-state index contributed by atoms with van der Waals surface area (Å²) < 4.78 is 1.64. The second-order valence-corrected chi connectivity index (χ2v) is 11.5. The van der Waals surface area contributed by atoms with Crippen LogP contribution in [0.25, 0.3) is 10.9 Å². The van der Waals surface area contributed by atoms with Crippen molar-refractivity contribution < 1.29 is 9.59 Å². The van der Waals surface area contributed by atoms with E-state index in [1.807, 2.05) is 61.2 Å². The Hall–Kier alpha value is -3.74. The van der Waals surface area contributed by atoms with Gasteiger partial charge in [-0.3, -0.25) is 23.9 Å². The van der Waals surface area contributed by atoms with Crippen molar-refractivity contribution in [3.8, 4) is 0 Å². The van der Waals surface area contributed by atoms with Crippen molar-refractivity contribution in [1.82, 2.24) is 14.5 Å². The number of nitrogens with zero attached hydrogens (tertiary/aromatic N) is 4. The third-order valence-corrected chi connectivity index (χ3v) is 8.99. The molecule has 2 amide bonds. The predicted octanol–water partition coefficient (Wildman–Crippen LogP) is 4.72. The van der Waals surface area contributed by atoms with E-state index in [-0.39, 0.29) is 23.3 Å². The van der Waals surface area contributed by atoms with Crippen LogP contribution in [0.1, 0.15) is 64.5 Å². The number of anilines is 1. The number of rotatable bonds is 3. The van der Waals surface area contributed by atoms with Gasteiger partial charge in [-0.1, -0.05) is 64.1 Å². The van der Waals surface area contributed by atoms with Crippen LogP contribution >= 0.6 is 0 Å². The molecule has 2 aromatic carbocycles. The molecule has 3 aromatic rings. The van der Waals surface area contributed by atoms with Gasteiger partial charge in [0.15, 0.2) is 0 Å². The number of amides is 2. The van der Waals surface area contributed by atoms with E-state index in [2.05, 4.69) is 26.5 Å². The van der Waals surface area contributed by atoms with Crippen molar-refractivity contribution in [2.24, 2.45) is 11.3 Å². The lowest BCUT2D eigenvalue weighted by molar-refractivity contribution is -0.143. The molecule has 0 spiro atoms. The Morgan fingerprint density at radius 1 is 1.14 bits per heavy atom. The van der Waals surface area contributed by atoms with Gasteiger partial charge in [0, 0.05) is 18.0 Å². The standard InChI is InChI=1S/C30H32N4O3/c1-7-29(5,6)30-16-23-25-31-21-14-10-8-12-19(21)26(36)34(25)24(17(2)3)27(37)33(23)28(30)32(18(4)35)22-15-11-9-13-20(22)30/h7-15,17,23-24,28H,1,16H2,2-6H3. The van der Waals surface area contributed by atoms with E-state index in [9.17, 15) is 14.4 Å². The van der Waals surface area contributed by atoms with Crippen molar-refractivity contribution in [2.45, 2.75) is 64.7 Å². The molecule has 0 saturated carbocycles. The molecule has 1 saturated heterocycles. The van der Waals surface area contributed by atoms with Gasteiger partial charge in [-0.15, -0.1) is 6.58 Å². The number of para-hydroxylation sites is 2. The van der Waals surface area contributed by atoms with E-state index in [0.29, 0.717) is 23.1 Å². The first-order valence-electron chi connectivity index (χ1n) is 12.9. The molecule has 4 atom stereocenters. The highest BCUT2D eigenvalue weighted by Crippen LogP contribution is 2.65. The fraction of sp³-hybridized carbons (Fsp3) is 0.400. The Bertz CT molecular complexity index is 1550. The maximum absolute atomic E-state index is 14.5. The fourth-order valence-electron chi connectivity index (χ4n) is 7.17. The van der Waals surface area contributed by atoms with E-state index >= 15 is 0 Å². The molecule has 7 nitrogen and oxygen atoms in total. The van der Waals surface area contributed by atoms with Crippen LogP contribution in [0, 0.1) is 11.3 Å². The normalized spacial score (nSPS) is 26.2. The minimum atomic E-state index is -0.712. The van der Waals surface area contributed by atoms with E-state index in [0.717, 1.165) is 11.3 Å². The maximum atomic E-state index is 14.5. The van der Waals surface area contributed by atoms with Crippen molar-refractivity contribution in [1.29, 1.82) is 0 Å². The number of aromatic nitrogens is 2. The van der Waals surface area contributed by atoms with Gasteiger partial charge < -0.3 is 4.90 Å². The summed E-state index contributed by atoms with van der Waals surface area (Å²) in [5.41, 5.74) is 1.18. The Morgan fingerprint density at radius 3 is 2.49 bits per heavy atom. The molecular weight excluding hydrogens is 464 g/mol. The van der Waals surface area contributed by atoms with E-state index in [1.165, 1.54) is 0 Å². The molecule has 4 unspecified atom stereocenters. The molecule has 4 heterocycles. The van der Waals surface area contributed by atoms with Crippen molar-refractivity contribution in [3.63, 3.8) is 0 Å². The number of allylic oxidation sites excluding steroid dienone is 1. The Morgan fingerprint density at radius 2 is 1.81 bits per heavy atom. The number of fused-ring (bicyclic) bond motifs is 8. The minimum Gasteiger partial charge on any atom is -0.309 e. The summed E-state index contributed by atoms with van der Waals surface area (Å²) in [5.74, 6) is 0.182. The van der Waals surface area contributed by atoms with Crippen LogP contribution in [-0.4, -0.2) is 32.4 Å². The van der Waals surface area contributed by atoms with Crippen LogP contribution < -0.4 is 10.5 Å². The lowest BCUT2D eigenvalue weighted by Crippen LogP contribution is -2.60. The topological polar surface area (TPSA) is 75.5 Å². The van der Waals surface area contributed by atoms with E-state index in [4.69, 9.17) is 4.98 Å². The Kier molecular flexibility index (Phi) is 4.88. The highest BCUT2D eigenvalue weighted by Gasteiger charge is 2.69. The molecule has 0 aliphatic carbocycles. The highest BCUT2D eigenvalue weighted by molar-refractivity contribution is 5.98. The first-order chi connectivity index (χ1) is 17.6. The van der Waals surface area contributed by atoms with Crippen molar-refractivity contribution >= 4 is 28.4 Å². The van der Waals surface area contributed by atoms with Gasteiger partial charge >= 0.3 is 0 Å². The van der Waals surface area contributed by atoms with Gasteiger partial charge in [-0.2, -0.15) is 0 Å². The monoisotopic (exact) mass is 496 g/mol. The predicted molar refractivity (Wildman–Crippen MR) is 143 cm³/mol. The molecule has 37 heavy (non-hydrogen) atoms. The molecule has 1 fully saturated rings. The molecule has 6 rings (SSSR count). The SMILES string of the molecule is C=CC(C)(C)C12CC3c4nc5ccccc5c(=O)n4C(C(C)C)C(=O)N3C1N(C(C)=O)c1ccccc12. The van der Waals surface area contributed by atoms with Crippen molar-refractivity contribution in [2.75, 3.05) is 4.90 Å². The highest BCUT2D eigenvalue weighted by atomic mass is 16.2. The van der Waals surface area contributed by atoms with Crippen LogP contribution in [0.2, 0.25) is 0 Å². The molecule has 1 aromatic heterocycles. The lowest BCUT2D eigenvalue weighted by Gasteiger charge is -2.46. The average molecular weight is 497 g/mol. The minimum absolute atomic E-state index is 0.122. The summed E-state index contributed by atoms with van der Waals surface area (Å²) >= 11 is 0. The lowest BCUT2D eigenvalue weighted by atomic mass is 9.60. The second kappa shape index (κ2) is 7.63. The number of hydrogen-bond acceptors (Lipinski definition) is 4. The molecule has 0 radical (unpaired) electrons. The second-order valence-electron chi connectivity index (χ2n) is 11.5. The quantitative estimate of drug-likeness (QED) is 0.492. The van der Waals surface area contributed by atoms with E-state index in [1.54, 1.807) is 22.5 Å². The average Bonchev–Trinajstić information content (AvgIpc) is 3.37. The Balaban J connectivity index is 1.71. The number of carbonyl (C=O) groups excluding carboxylic acids is 2. The van der Waals surface area contributed by atoms with Gasteiger partial charge in [-0.05, 0) is 41.5 Å². The third-order valence-electron chi connectivity index (χ3n) is 8.99. The zero-order chi connectivity index (χ0) is 26.4. The van der Waals surface area contributed by atoms with Crippen LogP contribution in [0.15, 0.2) is 66.0 Å². The summed E-state index contributed by atoms with van der Waals surface area (Å²) in [6.07, 6.45) is 1.91. The third kappa shape index (κ3) is 2.77. The maximum Gasteiger partial charge on any atom is 0.262 e. The van der Waals surface area contributed by atoms with Gasteiger partial charge in [-0.25, -0.2) is 4.98 Å². The molecule has 7 heteroatoms. The van der Waals surface area contributed by atoms with Gasteiger partial charge in [0.2, 0.25) is 11.8 Å². The molecule has 0 N–H and O–H groups in total. The van der Waals surface area contributed by atoms with Crippen LogP contribution in [0.3, 0.4) is 0 Å². The number of carbonyl (C=O) groups is 2. The van der Waals surface area contributed by atoms with Gasteiger partial charge in [0.1, 0.15) is 18.0 Å². The molecule has 3 aliphatic rings. The smallest absolute Gasteiger partial charge is 0.262 e. The van der Waals surface area contributed by atoms with Crippen molar-refractivity contribution in [3.05, 3.63) is 82.9 Å². The summed E-state index contributed by atoms with van der Waals surface area (Å²) in [4.78, 5) is 50.3. The summed E-state index contributed by atoms with van der Waals surface area (Å²) in [6.45, 7) is 13.9. The number of benzene rings is 2.